The van der Waals surface area contributed by atoms with Gasteiger partial charge in [-0.15, -0.1) is 0 Å². The van der Waals surface area contributed by atoms with Crippen LogP contribution in [0.4, 0.5) is 0 Å². The van der Waals surface area contributed by atoms with Crippen LogP contribution in [0, 0.1) is 0 Å². The lowest BCUT2D eigenvalue weighted by atomic mass is 10.0. The summed E-state index contributed by atoms with van der Waals surface area (Å²) in [6.45, 7) is 1.09. The molecule has 0 spiro atoms. The van der Waals surface area contributed by atoms with Gasteiger partial charge in [0.15, 0.2) is 6.04 Å². The van der Waals surface area contributed by atoms with E-state index in [1.54, 1.807) is 30.3 Å². The minimum absolute atomic E-state index is 0.120. The molecule has 35 heavy (non-hydrogen) atoms. The molecule has 14 heteroatoms. The van der Waals surface area contributed by atoms with E-state index >= 15 is 0 Å². The van der Waals surface area contributed by atoms with Crippen LogP contribution < -0.4 is 21.7 Å². The molecule has 1 aromatic carbocycles. The van der Waals surface area contributed by atoms with Crippen molar-refractivity contribution < 1.29 is 49.2 Å². The number of amides is 3. The van der Waals surface area contributed by atoms with Gasteiger partial charge < -0.3 is 42.1 Å². The summed E-state index contributed by atoms with van der Waals surface area (Å²) in [6, 6.07) is 1.87. The number of hydrogen-bond acceptors (Lipinski definition) is 8. The van der Waals surface area contributed by atoms with Crippen molar-refractivity contribution in [1.29, 1.82) is 0 Å². The Morgan fingerprint density at radius 3 is 1.80 bits per heavy atom. The second-order valence-corrected chi connectivity index (χ2v) is 7.68. The second kappa shape index (κ2) is 13.6. The molecule has 0 saturated carbocycles. The standard InChI is InChI=1S/C21H28N4O10/c1-10(26)17(21(34)35)25-20(33)14(9-16(29)30)24-19(32)13(7-11-5-3-2-4-6-11)23-18(31)12(22)8-15(27)28/h2-6,10,12-14,17,26H,7-9,22H2,1H3,(H,23,31)(H,24,32)(H,25,33)(H,27,28)(H,29,30)(H,34,35). The second-order valence-electron chi connectivity index (χ2n) is 7.68. The van der Waals surface area contributed by atoms with Crippen LogP contribution in [0.5, 0.6) is 0 Å². The number of benzene rings is 1. The van der Waals surface area contributed by atoms with Gasteiger partial charge in [-0.25, -0.2) is 4.79 Å². The number of carbonyl (C=O) groups excluding carboxylic acids is 3. The number of aliphatic hydroxyl groups excluding tert-OH is 1. The van der Waals surface area contributed by atoms with Crippen molar-refractivity contribution in [2.24, 2.45) is 5.73 Å². The topological polar surface area (TPSA) is 245 Å². The largest absolute Gasteiger partial charge is 0.481 e. The van der Waals surface area contributed by atoms with Crippen molar-refractivity contribution in [2.45, 2.75) is 56.5 Å². The first-order chi connectivity index (χ1) is 16.3. The van der Waals surface area contributed by atoms with E-state index in [4.69, 9.17) is 21.1 Å². The van der Waals surface area contributed by atoms with Gasteiger partial charge in [-0.05, 0) is 12.5 Å². The summed E-state index contributed by atoms with van der Waals surface area (Å²) in [7, 11) is 0. The van der Waals surface area contributed by atoms with Crippen molar-refractivity contribution in [3.8, 4) is 0 Å². The number of rotatable bonds is 14. The molecule has 0 aliphatic carbocycles. The first-order valence-corrected chi connectivity index (χ1v) is 10.4. The van der Waals surface area contributed by atoms with Gasteiger partial charge in [-0.1, -0.05) is 30.3 Å². The van der Waals surface area contributed by atoms with E-state index in [2.05, 4.69) is 10.6 Å². The highest BCUT2D eigenvalue weighted by molar-refractivity contribution is 5.96. The first kappa shape index (κ1) is 29.0. The summed E-state index contributed by atoms with van der Waals surface area (Å²) in [5, 5.41) is 43.0. The lowest BCUT2D eigenvalue weighted by Crippen LogP contribution is -2.59. The SMILES string of the molecule is CC(O)C(NC(=O)C(CC(=O)O)NC(=O)C(Cc1ccccc1)NC(=O)C(N)CC(=O)O)C(=O)O. The molecule has 0 heterocycles. The van der Waals surface area contributed by atoms with Gasteiger partial charge in [0.25, 0.3) is 0 Å². The van der Waals surface area contributed by atoms with Crippen molar-refractivity contribution >= 4 is 35.6 Å². The van der Waals surface area contributed by atoms with Gasteiger partial charge in [0.2, 0.25) is 17.7 Å². The van der Waals surface area contributed by atoms with E-state index in [9.17, 15) is 33.9 Å². The fourth-order valence-corrected chi connectivity index (χ4v) is 2.92. The zero-order chi connectivity index (χ0) is 26.7. The van der Waals surface area contributed by atoms with Crippen LogP contribution in [0.2, 0.25) is 0 Å². The van der Waals surface area contributed by atoms with Gasteiger partial charge in [0.1, 0.15) is 12.1 Å². The normalized spacial score (nSPS) is 14.9. The van der Waals surface area contributed by atoms with Crippen molar-refractivity contribution in [3.63, 3.8) is 0 Å². The van der Waals surface area contributed by atoms with E-state index in [0.717, 1.165) is 6.92 Å². The van der Waals surface area contributed by atoms with Crippen LogP contribution >= 0.6 is 0 Å². The lowest BCUT2D eigenvalue weighted by molar-refractivity contribution is -0.146. The third kappa shape index (κ3) is 10.2. The molecule has 1 aromatic rings. The fraction of sp³-hybridized carbons (Fsp3) is 0.429. The molecule has 0 fully saturated rings. The number of nitrogens with one attached hydrogen (secondary N) is 3. The minimum atomic E-state index is -1.77. The Kier molecular flexibility index (Phi) is 11.3. The number of aliphatic carboxylic acids is 3. The van der Waals surface area contributed by atoms with Crippen LogP contribution in [0.25, 0.3) is 0 Å². The monoisotopic (exact) mass is 496 g/mol. The van der Waals surface area contributed by atoms with E-state index in [1.807, 2.05) is 5.32 Å². The molecule has 5 unspecified atom stereocenters. The molecule has 9 N–H and O–H groups in total. The zero-order valence-corrected chi connectivity index (χ0v) is 18.7. The summed E-state index contributed by atoms with van der Waals surface area (Å²) < 4.78 is 0. The Morgan fingerprint density at radius 1 is 0.800 bits per heavy atom. The first-order valence-electron chi connectivity index (χ1n) is 10.4. The molecule has 0 aliphatic heterocycles. The van der Waals surface area contributed by atoms with Gasteiger partial charge in [0, 0.05) is 6.42 Å². The maximum atomic E-state index is 13.0. The van der Waals surface area contributed by atoms with Crippen LogP contribution in [-0.4, -0.2) is 86.3 Å². The molecule has 3 amide bonds. The minimum Gasteiger partial charge on any atom is -0.481 e. The Morgan fingerprint density at radius 2 is 1.31 bits per heavy atom. The summed E-state index contributed by atoms with van der Waals surface area (Å²) in [5.74, 6) is -7.60. The molecule has 0 radical (unpaired) electrons. The Bertz CT molecular complexity index is 937. The molecule has 0 bridgehead atoms. The van der Waals surface area contributed by atoms with Crippen LogP contribution in [0.1, 0.15) is 25.3 Å². The summed E-state index contributed by atoms with van der Waals surface area (Å²) >= 11 is 0. The molecule has 0 aliphatic rings. The van der Waals surface area contributed by atoms with Gasteiger partial charge in [-0.2, -0.15) is 0 Å². The molecule has 1 rings (SSSR count). The van der Waals surface area contributed by atoms with Crippen LogP contribution in [0.15, 0.2) is 30.3 Å². The van der Waals surface area contributed by atoms with E-state index in [-0.39, 0.29) is 6.42 Å². The van der Waals surface area contributed by atoms with E-state index < -0.39 is 78.7 Å². The number of aliphatic hydroxyl groups is 1. The zero-order valence-electron chi connectivity index (χ0n) is 18.7. The Balaban J connectivity index is 3.12. The smallest absolute Gasteiger partial charge is 0.328 e. The average molecular weight is 496 g/mol. The van der Waals surface area contributed by atoms with Crippen molar-refractivity contribution in [2.75, 3.05) is 0 Å². The third-order valence-corrected chi connectivity index (χ3v) is 4.70. The summed E-state index contributed by atoms with van der Waals surface area (Å²) in [6.07, 6.45) is -3.30. The summed E-state index contributed by atoms with van der Waals surface area (Å²) in [5.41, 5.74) is 6.11. The number of carboxylic acid groups (broad SMARTS) is 3. The third-order valence-electron chi connectivity index (χ3n) is 4.70. The van der Waals surface area contributed by atoms with E-state index in [0.29, 0.717) is 5.56 Å². The number of carbonyl (C=O) groups is 6. The number of hydrogen-bond donors (Lipinski definition) is 8. The van der Waals surface area contributed by atoms with Gasteiger partial charge in [-0.3, -0.25) is 24.0 Å². The molecular formula is C21H28N4O10. The highest BCUT2D eigenvalue weighted by Gasteiger charge is 2.33. The molecule has 192 valence electrons. The molecular weight excluding hydrogens is 468 g/mol. The predicted octanol–water partition coefficient (Wildman–Crippen LogP) is -2.57. The number of nitrogens with two attached hydrogens (primary N) is 1. The van der Waals surface area contributed by atoms with Crippen molar-refractivity contribution in [1.82, 2.24) is 16.0 Å². The lowest BCUT2D eigenvalue weighted by Gasteiger charge is -2.25. The van der Waals surface area contributed by atoms with E-state index in [1.165, 1.54) is 0 Å². The van der Waals surface area contributed by atoms with Crippen molar-refractivity contribution in [3.05, 3.63) is 35.9 Å². The Hall–Kier alpha value is -4.04. The van der Waals surface area contributed by atoms with Gasteiger partial charge >= 0.3 is 17.9 Å². The number of carboxylic acids is 3. The molecule has 14 nitrogen and oxygen atoms in total. The van der Waals surface area contributed by atoms with Gasteiger partial charge in [0.05, 0.1) is 25.0 Å². The average Bonchev–Trinajstić information content (AvgIpc) is 2.75. The molecule has 0 aromatic heterocycles. The maximum Gasteiger partial charge on any atom is 0.328 e. The highest BCUT2D eigenvalue weighted by atomic mass is 16.4. The quantitative estimate of drug-likeness (QED) is 0.133. The van der Waals surface area contributed by atoms with Crippen LogP contribution in [0.3, 0.4) is 0 Å². The molecule has 5 atom stereocenters. The fourth-order valence-electron chi connectivity index (χ4n) is 2.92. The predicted molar refractivity (Wildman–Crippen MR) is 118 cm³/mol. The highest BCUT2D eigenvalue weighted by Crippen LogP contribution is 2.06. The summed E-state index contributed by atoms with van der Waals surface area (Å²) in [4.78, 5) is 71.1. The van der Waals surface area contributed by atoms with Crippen LogP contribution in [-0.2, 0) is 35.2 Å². The Labute approximate surface area is 199 Å². The maximum absolute atomic E-state index is 13.0. The molecule has 0 saturated heterocycles.